The molecular weight excluding hydrogens is 338 g/mol. The first-order valence-corrected chi connectivity index (χ1v) is 8.90. The Bertz CT molecular complexity index is 787. The molecule has 1 heterocycles. The second-order valence-corrected chi connectivity index (χ2v) is 7.76. The van der Waals surface area contributed by atoms with Gasteiger partial charge in [0.15, 0.2) is 0 Å². The molecule has 2 aromatic rings. The summed E-state index contributed by atoms with van der Waals surface area (Å²) >= 11 is 6.06. The summed E-state index contributed by atoms with van der Waals surface area (Å²) in [6, 6.07) is 4.26. The Labute approximate surface area is 141 Å². The van der Waals surface area contributed by atoms with Crippen molar-refractivity contribution in [3.8, 4) is 5.75 Å². The molecular formula is C15H20ClN3O3S. The van der Waals surface area contributed by atoms with Crippen LogP contribution in [0.4, 0.5) is 0 Å². The van der Waals surface area contributed by atoms with Crippen molar-refractivity contribution in [2.24, 2.45) is 7.05 Å². The zero-order chi connectivity index (χ0) is 17.2. The topological polar surface area (TPSA) is 64.4 Å². The highest BCUT2D eigenvalue weighted by Crippen LogP contribution is 2.29. The van der Waals surface area contributed by atoms with Crippen molar-refractivity contribution < 1.29 is 13.2 Å². The Morgan fingerprint density at radius 3 is 2.57 bits per heavy atom. The summed E-state index contributed by atoms with van der Waals surface area (Å²) in [4.78, 5) is 0.140. The molecule has 0 atom stereocenters. The Morgan fingerprint density at radius 1 is 1.39 bits per heavy atom. The number of aryl methyl sites for hydroxylation is 1. The van der Waals surface area contributed by atoms with E-state index < -0.39 is 10.0 Å². The summed E-state index contributed by atoms with van der Waals surface area (Å²) in [5, 5.41) is 4.34. The van der Waals surface area contributed by atoms with Gasteiger partial charge in [-0.15, -0.1) is 0 Å². The van der Waals surface area contributed by atoms with Crippen LogP contribution in [0.5, 0.6) is 5.75 Å². The van der Waals surface area contributed by atoms with Gasteiger partial charge in [-0.25, -0.2) is 8.42 Å². The summed E-state index contributed by atoms with van der Waals surface area (Å²) in [5.74, 6) is 0.439. The quantitative estimate of drug-likeness (QED) is 0.797. The average molecular weight is 358 g/mol. The SMILES string of the molecule is COc1ccc(S(=O)(=O)N(Cc2cnn(C)c2)C(C)C)cc1Cl. The van der Waals surface area contributed by atoms with E-state index in [1.807, 2.05) is 13.8 Å². The van der Waals surface area contributed by atoms with E-state index in [0.717, 1.165) is 5.56 Å². The molecule has 126 valence electrons. The van der Waals surface area contributed by atoms with Gasteiger partial charge in [-0.05, 0) is 32.0 Å². The van der Waals surface area contributed by atoms with Gasteiger partial charge < -0.3 is 4.74 Å². The summed E-state index contributed by atoms with van der Waals surface area (Å²) in [5.41, 5.74) is 0.824. The number of nitrogens with zero attached hydrogens (tertiary/aromatic N) is 3. The minimum Gasteiger partial charge on any atom is -0.495 e. The number of methoxy groups -OCH3 is 1. The molecule has 1 aromatic carbocycles. The van der Waals surface area contributed by atoms with Gasteiger partial charge >= 0.3 is 0 Å². The van der Waals surface area contributed by atoms with Crippen molar-refractivity contribution in [2.75, 3.05) is 7.11 Å². The highest BCUT2D eigenvalue weighted by atomic mass is 35.5. The normalized spacial score (nSPS) is 12.1. The number of rotatable bonds is 6. The van der Waals surface area contributed by atoms with Gasteiger partial charge in [-0.2, -0.15) is 9.40 Å². The number of hydrogen-bond donors (Lipinski definition) is 0. The monoisotopic (exact) mass is 357 g/mol. The lowest BCUT2D eigenvalue weighted by molar-refractivity contribution is 0.348. The molecule has 0 aliphatic carbocycles. The van der Waals surface area contributed by atoms with Crippen LogP contribution in [0.1, 0.15) is 19.4 Å². The van der Waals surface area contributed by atoms with Crippen molar-refractivity contribution in [1.29, 1.82) is 0 Å². The Hall–Kier alpha value is -1.57. The molecule has 0 fully saturated rings. The van der Waals surface area contributed by atoms with Gasteiger partial charge in [0.1, 0.15) is 5.75 Å². The van der Waals surface area contributed by atoms with E-state index in [2.05, 4.69) is 5.10 Å². The maximum atomic E-state index is 12.9. The smallest absolute Gasteiger partial charge is 0.243 e. The fraction of sp³-hybridized carbons (Fsp3) is 0.400. The van der Waals surface area contributed by atoms with Crippen LogP contribution >= 0.6 is 11.6 Å². The van der Waals surface area contributed by atoms with E-state index in [0.29, 0.717) is 5.75 Å². The van der Waals surface area contributed by atoms with Crippen molar-refractivity contribution in [3.63, 3.8) is 0 Å². The summed E-state index contributed by atoms with van der Waals surface area (Å²) in [6.45, 7) is 3.91. The number of sulfonamides is 1. The zero-order valence-electron chi connectivity index (χ0n) is 13.5. The van der Waals surface area contributed by atoms with Crippen molar-refractivity contribution in [1.82, 2.24) is 14.1 Å². The van der Waals surface area contributed by atoms with Crippen LogP contribution in [0.3, 0.4) is 0 Å². The first kappa shape index (κ1) is 17.8. The van der Waals surface area contributed by atoms with E-state index in [1.54, 1.807) is 30.2 Å². The Morgan fingerprint density at radius 2 is 2.09 bits per heavy atom. The molecule has 0 saturated carbocycles. The molecule has 8 heteroatoms. The molecule has 0 aliphatic heterocycles. The highest BCUT2D eigenvalue weighted by molar-refractivity contribution is 7.89. The summed E-state index contributed by atoms with van der Waals surface area (Å²) in [7, 11) is -0.403. The van der Waals surface area contributed by atoms with Crippen LogP contribution in [0.2, 0.25) is 5.02 Å². The fourth-order valence-corrected chi connectivity index (χ4v) is 4.20. The van der Waals surface area contributed by atoms with Gasteiger partial charge in [-0.1, -0.05) is 11.6 Å². The first-order valence-electron chi connectivity index (χ1n) is 7.08. The van der Waals surface area contributed by atoms with Crippen LogP contribution in [0.25, 0.3) is 0 Å². The molecule has 2 rings (SSSR count). The van der Waals surface area contributed by atoms with Gasteiger partial charge in [0, 0.05) is 31.4 Å². The lowest BCUT2D eigenvalue weighted by Gasteiger charge is -2.25. The van der Waals surface area contributed by atoms with E-state index >= 15 is 0 Å². The van der Waals surface area contributed by atoms with E-state index in [-0.39, 0.29) is 22.5 Å². The maximum Gasteiger partial charge on any atom is 0.243 e. The Balaban J connectivity index is 2.38. The van der Waals surface area contributed by atoms with Crippen molar-refractivity contribution >= 4 is 21.6 Å². The van der Waals surface area contributed by atoms with Crippen molar-refractivity contribution in [3.05, 3.63) is 41.2 Å². The third kappa shape index (κ3) is 3.85. The lowest BCUT2D eigenvalue weighted by atomic mass is 10.3. The van der Waals surface area contributed by atoms with Gasteiger partial charge in [0.25, 0.3) is 0 Å². The fourth-order valence-electron chi connectivity index (χ4n) is 2.22. The van der Waals surface area contributed by atoms with Crippen LogP contribution in [0, 0.1) is 0 Å². The van der Waals surface area contributed by atoms with Crippen LogP contribution in [0.15, 0.2) is 35.5 Å². The maximum absolute atomic E-state index is 12.9. The molecule has 0 N–H and O–H groups in total. The lowest BCUT2D eigenvalue weighted by Crippen LogP contribution is -2.36. The second-order valence-electron chi connectivity index (χ2n) is 5.46. The Kier molecular flexibility index (Phi) is 5.33. The van der Waals surface area contributed by atoms with E-state index in [9.17, 15) is 8.42 Å². The number of benzene rings is 1. The van der Waals surface area contributed by atoms with E-state index in [1.165, 1.54) is 23.5 Å². The van der Waals surface area contributed by atoms with Crippen LogP contribution in [-0.4, -0.2) is 35.7 Å². The molecule has 0 aliphatic rings. The molecule has 0 spiro atoms. The van der Waals surface area contributed by atoms with Crippen LogP contribution < -0.4 is 4.74 Å². The molecule has 1 aromatic heterocycles. The minimum absolute atomic E-state index is 0.140. The molecule has 23 heavy (non-hydrogen) atoms. The van der Waals surface area contributed by atoms with Crippen molar-refractivity contribution in [2.45, 2.75) is 31.3 Å². The third-order valence-corrected chi connectivity index (χ3v) is 5.72. The molecule has 0 bridgehead atoms. The minimum atomic E-state index is -3.68. The number of ether oxygens (including phenoxy) is 1. The third-order valence-electron chi connectivity index (χ3n) is 3.40. The number of aromatic nitrogens is 2. The first-order chi connectivity index (χ1) is 10.8. The number of hydrogen-bond acceptors (Lipinski definition) is 4. The van der Waals surface area contributed by atoms with Gasteiger partial charge in [-0.3, -0.25) is 4.68 Å². The average Bonchev–Trinajstić information content (AvgIpc) is 2.89. The molecule has 0 unspecified atom stereocenters. The largest absolute Gasteiger partial charge is 0.495 e. The highest BCUT2D eigenvalue weighted by Gasteiger charge is 2.28. The van der Waals surface area contributed by atoms with Crippen LogP contribution in [-0.2, 0) is 23.6 Å². The zero-order valence-corrected chi connectivity index (χ0v) is 15.1. The predicted molar refractivity (Wildman–Crippen MR) is 89.1 cm³/mol. The van der Waals surface area contributed by atoms with Gasteiger partial charge in [0.2, 0.25) is 10.0 Å². The van der Waals surface area contributed by atoms with Gasteiger partial charge in [0.05, 0.1) is 23.2 Å². The predicted octanol–water partition coefficient (Wildman–Crippen LogP) is 2.68. The second kappa shape index (κ2) is 6.90. The summed E-state index contributed by atoms with van der Waals surface area (Å²) in [6.07, 6.45) is 3.46. The summed E-state index contributed by atoms with van der Waals surface area (Å²) < 4.78 is 34.0. The molecule has 0 saturated heterocycles. The molecule has 0 amide bonds. The standard InChI is InChI=1S/C15H20ClN3O3S/c1-11(2)19(10-12-8-17-18(3)9-12)23(20,21)13-5-6-15(22-4)14(16)7-13/h5-9,11H,10H2,1-4H3. The molecule has 6 nitrogen and oxygen atoms in total. The number of halogens is 1. The van der Waals surface area contributed by atoms with E-state index in [4.69, 9.17) is 16.3 Å². The molecule has 0 radical (unpaired) electrons.